The van der Waals surface area contributed by atoms with E-state index in [1.165, 1.54) is 14.2 Å². The SMILES string of the molecule is COC(=O)c1ccc(C2=N[C@@]3(CC(F)(F)F)CCCC[C@@]3(C)c3cc(C(=O)OC)ccc32)cc1. The van der Waals surface area contributed by atoms with Gasteiger partial charge >= 0.3 is 18.1 Å². The highest BCUT2D eigenvalue weighted by molar-refractivity contribution is 6.15. The molecule has 0 bridgehead atoms. The summed E-state index contributed by atoms with van der Waals surface area (Å²) >= 11 is 0. The molecule has 0 spiro atoms. The molecule has 1 heterocycles. The zero-order valence-electron chi connectivity index (χ0n) is 19.3. The van der Waals surface area contributed by atoms with Crippen LogP contribution in [0.1, 0.15) is 76.4 Å². The molecule has 2 aromatic carbocycles. The van der Waals surface area contributed by atoms with Crippen LogP contribution in [0.25, 0.3) is 0 Å². The van der Waals surface area contributed by atoms with E-state index >= 15 is 0 Å². The van der Waals surface area contributed by atoms with Crippen molar-refractivity contribution in [2.75, 3.05) is 14.2 Å². The van der Waals surface area contributed by atoms with Gasteiger partial charge in [0.1, 0.15) is 0 Å². The number of rotatable bonds is 4. The summed E-state index contributed by atoms with van der Waals surface area (Å²) < 4.78 is 51.4. The molecule has 8 heteroatoms. The molecule has 1 saturated carbocycles. The first kappa shape index (κ1) is 24.0. The Morgan fingerprint density at radius 2 is 1.53 bits per heavy atom. The van der Waals surface area contributed by atoms with E-state index in [1.807, 2.05) is 6.92 Å². The second kappa shape index (κ2) is 8.56. The number of methoxy groups -OCH3 is 2. The normalized spacial score (nSPS) is 23.9. The molecule has 4 rings (SSSR count). The summed E-state index contributed by atoms with van der Waals surface area (Å²) in [6, 6.07) is 11.5. The number of hydrogen-bond acceptors (Lipinski definition) is 5. The number of aliphatic imine (C=N–C) groups is 1. The topological polar surface area (TPSA) is 65.0 Å². The molecule has 0 radical (unpaired) electrons. The van der Waals surface area contributed by atoms with Crippen molar-refractivity contribution in [1.29, 1.82) is 0 Å². The fourth-order valence-corrected chi connectivity index (χ4v) is 5.45. The highest BCUT2D eigenvalue weighted by atomic mass is 19.4. The Morgan fingerprint density at radius 3 is 2.15 bits per heavy atom. The molecule has 0 aromatic heterocycles. The van der Waals surface area contributed by atoms with Crippen LogP contribution in [0, 0.1) is 0 Å². The average Bonchev–Trinajstić information content (AvgIpc) is 2.82. The number of ether oxygens (including phenoxy) is 2. The van der Waals surface area contributed by atoms with Crippen molar-refractivity contribution in [3.05, 3.63) is 70.3 Å². The third-order valence-electron chi connectivity index (χ3n) is 7.23. The van der Waals surface area contributed by atoms with Gasteiger partial charge in [0.2, 0.25) is 0 Å². The minimum absolute atomic E-state index is 0.286. The summed E-state index contributed by atoms with van der Waals surface area (Å²) in [5, 5.41) is 0. The molecule has 2 aromatic rings. The summed E-state index contributed by atoms with van der Waals surface area (Å²) in [5.74, 6) is -1.05. The Labute approximate surface area is 196 Å². The molecular formula is C26H26F3NO4. The van der Waals surface area contributed by atoms with Crippen LogP contribution in [0.15, 0.2) is 47.5 Å². The van der Waals surface area contributed by atoms with Gasteiger partial charge in [-0.1, -0.05) is 38.0 Å². The number of fused-ring (bicyclic) bond motifs is 3. The Morgan fingerprint density at radius 1 is 0.941 bits per heavy atom. The van der Waals surface area contributed by atoms with Gasteiger partial charge in [0.15, 0.2) is 0 Å². The predicted octanol–water partition coefficient (Wildman–Crippen LogP) is 5.63. The molecule has 1 aliphatic heterocycles. The standard InChI is InChI=1S/C26H26F3NO4/c1-24-12-4-5-13-25(24,15-26(27,28)29)30-21(16-6-8-17(9-7-16)22(31)33-2)19-11-10-18(14-20(19)24)23(32)34-3/h6-11,14H,4-5,12-13,15H2,1-3H3/t24-,25+/m0/s1. The summed E-state index contributed by atoms with van der Waals surface area (Å²) in [6.07, 6.45) is -3.25. The Bertz CT molecular complexity index is 1160. The lowest BCUT2D eigenvalue weighted by Gasteiger charge is -2.53. The first-order chi connectivity index (χ1) is 16.0. The van der Waals surface area contributed by atoms with E-state index in [0.717, 1.165) is 6.42 Å². The predicted molar refractivity (Wildman–Crippen MR) is 120 cm³/mol. The molecule has 2 atom stereocenters. The molecule has 1 fully saturated rings. The second-order valence-corrected chi connectivity index (χ2v) is 9.14. The van der Waals surface area contributed by atoms with Crippen molar-refractivity contribution < 1.29 is 32.2 Å². The van der Waals surface area contributed by atoms with Gasteiger partial charge < -0.3 is 9.47 Å². The quantitative estimate of drug-likeness (QED) is 0.540. The maximum atomic E-state index is 13.9. The van der Waals surface area contributed by atoms with E-state index in [-0.39, 0.29) is 12.0 Å². The number of halogens is 3. The zero-order chi connectivity index (χ0) is 24.7. The maximum Gasteiger partial charge on any atom is 0.391 e. The van der Waals surface area contributed by atoms with E-state index in [2.05, 4.69) is 0 Å². The highest BCUT2D eigenvalue weighted by Crippen LogP contribution is 2.56. The van der Waals surface area contributed by atoms with E-state index < -0.39 is 35.5 Å². The van der Waals surface area contributed by atoms with Crippen molar-refractivity contribution in [2.45, 2.75) is 56.2 Å². The number of carbonyl (C=O) groups is 2. The molecule has 0 saturated heterocycles. The van der Waals surface area contributed by atoms with Gasteiger partial charge in [-0.25, -0.2) is 9.59 Å². The van der Waals surface area contributed by atoms with Crippen molar-refractivity contribution in [2.24, 2.45) is 4.99 Å². The first-order valence-corrected chi connectivity index (χ1v) is 11.1. The fraction of sp³-hybridized carbons (Fsp3) is 0.423. The Balaban J connectivity index is 1.96. The smallest absolute Gasteiger partial charge is 0.391 e. The first-order valence-electron chi connectivity index (χ1n) is 11.1. The van der Waals surface area contributed by atoms with Crippen LogP contribution in [0.4, 0.5) is 13.2 Å². The lowest BCUT2D eigenvalue weighted by molar-refractivity contribution is -0.156. The number of carbonyl (C=O) groups excluding carboxylic acids is 2. The summed E-state index contributed by atoms with van der Waals surface area (Å²) in [7, 11) is 2.55. The van der Waals surface area contributed by atoms with Crippen LogP contribution in [-0.4, -0.2) is 43.6 Å². The van der Waals surface area contributed by atoms with Gasteiger partial charge in [-0.05, 0) is 42.7 Å². The number of benzene rings is 2. The highest BCUT2D eigenvalue weighted by Gasteiger charge is 2.58. The van der Waals surface area contributed by atoms with E-state index in [1.54, 1.807) is 42.5 Å². The number of nitrogens with zero attached hydrogens (tertiary/aromatic N) is 1. The third kappa shape index (κ3) is 3.99. The van der Waals surface area contributed by atoms with E-state index in [0.29, 0.717) is 40.8 Å². The van der Waals surface area contributed by atoms with Crippen LogP contribution < -0.4 is 0 Å². The minimum Gasteiger partial charge on any atom is -0.465 e. The average molecular weight is 473 g/mol. The molecule has 5 nitrogen and oxygen atoms in total. The molecule has 180 valence electrons. The van der Waals surface area contributed by atoms with Crippen LogP contribution in [0.5, 0.6) is 0 Å². The fourth-order valence-electron chi connectivity index (χ4n) is 5.45. The van der Waals surface area contributed by atoms with Crippen molar-refractivity contribution >= 4 is 17.7 Å². The van der Waals surface area contributed by atoms with Crippen molar-refractivity contribution in [3.63, 3.8) is 0 Å². The van der Waals surface area contributed by atoms with E-state index in [4.69, 9.17) is 14.5 Å². The summed E-state index contributed by atoms with van der Waals surface area (Å²) in [5.41, 5.74) is 0.673. The lowest BCUT2D eigenvalue weighted by Crippen LogP contribution is -2.56. The van der Waals surface area contributed by atoms with E-state index in [9.17, 15) is 22.8 Å². The largest absolute Gasteiger partial charge is 0.465 e. The van der Waals surface area contributed by atoms with Crippen molar-refractivity contribution in [3.8, 4) is 0 Å². The third-order valence-corrected chi connectivity index (χ3v) is 7.23. The van der Waals surface area contributed by atoms with Crippen LogP contribution in [-0.2, 0) is 14.9 Å². The molecular weight excluding hydrogens is 447 g/mol. The number of alkyl halides is 3. The molecule has 0 unspecified atom stereocenters. The zero-order valence-corrected chi connectivity index (χ0v) is 19.3. The van der Waals surface area contributed by atoms with Crippen LogP contribution in [0.2, 0.25) is 0 Å². The Kier molecular flexibility index (Phi) is 6.04. The van der Waals surface area contributed by atoms with Gasteiger partial charge in [0.05, 0.1) is 43.0 Å². The molecule has 0 amide bonds. The number of hydrogen-bond donors (Lipinski definition) is 0. The maximum absolute atomic E-state index is 13.9. The van der Waals surface area contributed by atoms with Gasteiger partial charge in [-0.3, -0.25) is 4.99 Å². The van der Waals surface area contributed by atoms with Gasteiger partial charge in [0.25, 0.3) is 0 Å². The van der Waals surface area contributed by atoms with Crippen LogP contribution in [0.3, 0.4) is 0 Å². The molecule has 1 aliphatic carbocycles. The van der Waals surface area contributed by atoms with Gasteiger partial charge in [-0.2, -0.15) is 13.2 Å². The summed E-state index contributed by atoms with van der Waals surface area (Å²) in [4.78, 5) is 29.0. The molecule has 2 aliphatic rings. The lowest BCUT2D eigenvalue weighted by atomic mass is 9.55. The second-order valence-electron chi connectivity index (χ2n) is 9.14. The van der Waals surface area contributed by atoms with Crippen LogP contribution >= 0.6 is 0 Å². The minimum atomic E-state index is -4.42. The van der Waals surface area contributed by atoms with Gasteiger partial charge in [0, 0.05) is 16.5 Å². The molecule has 0 N–H and O–H groups in total. The molecule has 34 heavy (non-hydrogen) atoms. The van der Waals surface area contributed by atoms with Crippen molar-refractivity contribution in [1.82, 2.24) is 0 Å². The monoisotopic (exact) mass is 473 g/mol. The Hall–Kier alpha value is -3.16. The van der Waals surface area contributed by atoms with Gasteiger partial charge in [-0.15, -0.1) is 0 Å². The summed E-state index contributed by atoms with van der Waals surface area (Å²) in [6.45, 7) is 1.83. The number of esters is 2.